The highest BCUT2D eigenvalue weighted by molar-refractivity contribution is 5.84. The van der Waals surface area contributed by atoms with Gasteiger partial charge < -0.3 is 9.52 Å². The van der Waals surface area contributed by atoms with E-state index in [0.717, 1.165) is 35.9 Å². The summed E-state index contributed by atoms with van der Waals surface area (Å²) in [4.78, 5) is 16.1. The fourth-order valence-corrected chi connectivity index (χ4v) is 3.12. The molecule has 1 N–H and O–H groups in total. The highest BCUT2D eigenvalue weighted by atomic mass is 16.4. The molecule has 1 aromatic heterocycles. The lowest BCUT2D eigenvalue weighted by molar-refractivity contribution is -0.145. The van der Waals surface area contributed by atoms with Crippen molar-refractivity contribution in [3.8, 4) is 0 Å². The van der Waals surface area contributed by atoms with Crippen LogP contribution in [0.4, 0.5) is 0 Å². The van der Waals surface area contributed by atoms with E-state index in [0.29, 0.717) is 18.7 Å². The number of benzene rings is 1. The van der Waals surface area contributed by atoms with Gasteiger partial charge in [-0.05, 0) is 30.5 Å². The molecule has 100 valence electrons. The molecular weight excluding hydrogens is 242 g/mol. The number of aromatic nitrogens is 1. The normalized spacial score (nSPS) is 18.6. The molecule has 2 aromatic rings. The fourth-order valence-electron chi connectivity index (χ4n) is 3.12. The molecule has 0 amide bonds. The van der Waals surface area contributed by atoms with Gasteiger partial charge in [0.1, 0.15) is 5.52 Å². The Kier molecular flexibility index (Phi) is 2.81. The van der Waals surface area contributed by atoms with Crippen LogP contribution in [-0.4, -0.2) is 16.1 Å². The van der Waals surface area contributed by atoms with Crippen molar-refractivity contribution in [2.45, 2.75) is 44.4 Å². The lowest BCUT2D eigenvalue weighted by atomic mass is 9.69. The van der Waals surface area contributed by atoms with Gasteiger partial charge in [-0.2, -0.15) is 0 Å². The second-order valence-corrected chi connectivity index (χ2v) is 5.36. The summed E-state index contributed by atoms with van der Waals surface area (Å²) >= 11 is 0. The largest absolute Gasteiger partial charge is 0.481 e. The molecule has 4 nitrogen and oxygen atoms in total. The maximum absolute atomic E-state index is 11.8. The molecule has 0 aliphatic heterocycles. The molecule has 0 bridgehead atoms. The molecule has 1 heterocycles. The van der Waals surface area contributed by atoms with Gasteiger partial charge in [-0.15, -0.1) is 0 Å². The molecule has 0 spiro atoms. The van der Waals surface area contributed by atoms with Crippen molar-refractivity contribution >= 4 is 17.1 Å². The minimum Gasteiger partial charge on any atom is -0.481 e. The Bertz CT molecular complexity index is 623. The van der Waals surface area contributed by atoms with E-state index in [2.05, 4.69) is 4.98 Å². The van der Waals surface area contributed by atoms with Gasteiger partial charge in [0.2, 0.25) is 0 Å². The first-order valence-corrected chi connectivity index (χ1v) is 6.73. The van der Waals surface area contributed by atoms with Crippen molar-refractivity contribution in [1.82, 2.24) is 4.98 Å². The molecule has 0 radical (unpaired) electrons. The summed E-state index contributed by atoms with van der Waals surface area (Å²) in [5, 5.41) is 9.68. The van der Waals surface area contributed by atoms with Crippen LogP contribution in [0.2, 0.25) is 0 Å². The molecular formula is C15H17NO3. The Labute approximate surface area is 111 Å². The van der Waals surface area contributed by atoms with Gasteiger partial charge in [-0.3, -0.25) is 4.79 Å². The molecule has 19 heavy (non-hydrogen) atoms. The topological polar surface area (TPSA) is 63.3 Å². The lowest BCUT2D eigenvalue weighted by Gasteiger charge is -2.33. The molecule has 0 unspecified atom stereocenters. The summed E-state index contributed by atoms with van der Waals surface area (Å²) < 4.78 is 5.45. The zero-order valence-corrected chi connectivity index (χ0v) is 11.0. The Morgan fingerprint density at radius 1 is 1.32 bits per heavy atom. The van der Waals surface area contributed by atoms with Crippen LogP contribution in [0.5, 0.6) is 0 Å². The fraction of sp³-hybridized carbons (Fsp3) is 0.467. The first kappa shape index (κ1) is 12.2. The first-order chi connectivity index (χ1) is 9.12. The monoisotopic (exact) mass is 259 g/mol. The molecule has 4 heteroatoms. The standard InChI is InChI=1S/C15H17NO3/c1-10-16-12-9-11(5-6-13(12)19-10)15(14(17)18)7-3-2-4-8-15/h5-6,9H,2-4,7-8H2,1H3,(H,17,18). The van der Waals surface area contributed by atoms with Gasteiger partial charge in [-0.1, -0.05) is 25.3 Å². The van der Waals surface area contributed by atoms with E-state index in [1.54, 1.807) is 6.92 Å². The van der Waals surface area contributed by atoms with E-state index in [1.165, 1.54) is 0 Å². The van der Waals surface area contributed by atoms with Crippen molar-refractivity contribution in [3.05, 3.63) is 29.7 Å². The number of oxazole rings is 1. The SMILES string of the molecule is Cc1nc2cc(C3(C(=O)O)CCCCC3)ccc2o1. The van der Waals surface area contributed by atoms with Gasteiger partial charge in [0.15, 0.2) is 11.5 Å². The Hall–Kier alpha value is -1.84. The van der Waals surface area contributed by atoms with Gasteiger partial charge in [-0.25, -0.2) is 4.98 Å². The number of carboxylic acids is 1. The average molecular weight is 259 g/mol. The molecule has 0 atom stereocenters. The Morgan fingerprint density at radius 2 is 2.05 bits per heavy atom. The highest BCUT2D eigenvalue weighted by Crippen LogP contribution is 2.40. The number of carboxylic acid groups (broad SMARTS) is 1. The molecule has 3 rings (SSSR count). The third kappa shape index (κ3) is 1.91. The van der Waals surface area contributed by atoms with Gasteiger partial charge >= 0.3 is 5.97 Å². The summed E-state index contributed by atoms with van der Waals surface area (Å²) in [6.45, 7) is 1.80. The van der Waals surface area contributed by atoms with E-state index in [1.807, 2.05) is 18.2 Å². The molecule has 1 aliphatic carbocycles. The molecule has 1 fully saturated rings. The molecule has 0 saturated heterocycles. The minimum absolute atomic E-state index is 0.611. The zero-order valence-electron chi connectivity index (χ0n) is 11.0. The maximum atomic E-state index is 11.8. The molecule has 1 aromatic carbocycles. The van der Waals surface area contributed by atoms with Crippen LogP contribution in [0.1, 0.15) is 43.6 Å². The second-order valence-electron chi connectivity index (χ2n) is 5.36. The average Bonchev–Trinajstić information content (AvgIpc) is 2.78. The van der Waals surface area contributed by atoms with Crippen LogP contribution in [-0.2, 0) is 10.2 Å². The van der Waals surface area contributed by atoms with Crippen LogP contribution >= 0.6 is 0 Å². The first-order valence-electron chi connectivity index (χ1n) is 6.73. The summed E-state index contributed by atoms with van der Waals surface area (Å²) in [7, 11) is 0. The predicted molar refractivity (Wildman–Crippen MR) is 71.1 cm³/mol. The number of carbonyl (C=O) groups is 1. The summed E-state index contributed by atoms with van der Waals surface area (Å²) in [6, 6.07) is 5.60. The van der Waals surface area contributed by atoms with E-state index in [9.17, 15) is 9.90 Å². The minimum atomic E-state index is -0.737. The number of hydrogen-bond acceptors (Lipinski definition) is 3. The lowest BCUT2D eigenvalue weighted by Crippen LogP contribution is -2.37. The van der Waals surface area contributed by atoms with Gasteiger partial charge in [0.25, 0.3) is 0 Å². The summed E-state index contributed by atoms with van der Waals surface area (Å²) in [6.07, 6.45) is 4.50. The van der Waals surface area contributed by atoms with Crippen molar-refractivity contribution < 1.29 is 14.3 Å². The van der Waals surface area contributed by atoms with Crippen LogP contribution in [0.25, 0.3) is 11.1 Å². The number of nitrogens with zero attached hydrogens (tertiary/aromatic N) is 1. The van der Waals surface area contributed by atoms with Crippen molar-refractivity contribution in [1.29, 1.82) is 0 Å². The smallest absolute Gasteiger partial charge is 0.314 e. The number of rotatable bonds is 2. The van der Waals surface area contributed by atoms with E-state index in [-0.39, 0.29) is 0 Å². The quantitative estimate of drug-likeness (QED) is 0.897. The third-order valence-electron chi connectivity index (χ3n) is 4.16. The highest BCUT2D eigenvalue weighted by Gasteiger charge is 2.41. The maximum Gasteiger partial charge on any atom is 0.314 e. The number of aliphatic carboxylic acids is 1. The number of hydrogen-bond donors (Lipinski definition) is 1. The van der Waals surface area contributed by atoms with E-state index >= 15 is 0 Å². The van der Waals surface area contributed by atoms with Crippen LogP contribution in [0, 0.1) is 6.92 Å². The Balaban J connectivity index is 2.11. The van der Waals surface area contributed by atoms with Crippen LogP contribution in [0.15, 0.2) is 22.6 Å². The van der Waals surface area contributed by atoms with Gasteiger partial charge in [0.05, 0.1) is 5.41 Å². The zero-order chi connectivity index (χ0) is 13.5. The second kappa shape index (κ2) is 4.37. The predicted octanol–water partition coefficient (Wildman–Crippen LogP) is 3.42. The van der Waals surface area contributed by atoms with E-state index < -0.39 is 11.4 Å². The van der Waals surface area contributed by atoms with Crippen molar-refractivity contribution in [2.75, 3.05) is 0 Å². The van der Waals surface area contributed by atoms with E-state index in [4.69, 9.17) is 4.42 Å². The molecule has 1 aliphatic rings. The Morgan fingerprint density at radius 3 is 2.74 bits per heavy atom. The van der Waals surface area contributed by atoms with Gasteiger partial charge in [0, 0.05) is 6.92 Å². The van der Waals surface area contributed by atoms with Crippen molar-refractivity contribution in [2.24, 2.45) is 0 Å². The number of aryl methyl sites for hydroxylation is 1. The third-order valence-corrected chi connectivity index (χ3v) is 4.16. The van der Waals surface area contributed by atoms with Crippen LogP contribution in [0.3, 0.4) is 0 Å². The van der Waals surface area contributed by atoms with Crippen molar-refractivity contribution in [3.63, 3.8) is 0 Å². The summed E-state index contributed by atoms with van der Waals surface area (Å²) in [5.74, 6) is -0.105. The summed E-state index contributed by atoms with van der Waals surface area (Å²) in [5.41, 5.74) is 1.60. The molecule has 1 saturated carbocycles. The van der Waals surface area contributed by atoms with Crippen LogP contribution < -0.4 is 0 Å². The number of fused-ring (bicyclic) bond motifs is 1.